The summed E-state index contributed by atoms with van der Waals surface area (Å²) in [6.45, 7) is 4.42. The van der Waals surface area contributed by atoms with Gasteiger partial charge in [0.15, 0.2) is 0 Å². The van der Waals surface area contributed by atoms with Crippen LogP contribution in [0.15, 0.2) is 24.3 Å². The molecule has 4 nitrogen and oxygen atoms in total. The van der Waals surface area contributed by atoms with Crippen molar-refractivity contribution in [3.8, 4) is 0 Å². The lowest BCUT2D eigenvalue weighted by molar-refractivity contribution is 0.187. The lowest BCUT2D eigenvalue weighted by Gasteiger charge is -2.29. The maximum atomic E-state index is 9.58. The van der Waals surface area contributed by atoms with E-state index >= 15 is 0 Å². The van der Waals surface area contributed by atoms with Crippen molar-refractivity contribution in [1.29, 1.82) is 0 Å². The van der Waals surface area contributed by atoms with E-state index in [0.29, 0.717) is 0 Å². The molecule has 0 bridgehead atoms. The Balaban J connectivity index is 2.06. The number of piperazine rings is 1. The number of anilines is 1. The Kier molecular flexibility index (Phi) is 3.77. The summed E-state index contributed by atoms with van der Waals surface area (Å²) >= 11 is 0. The number of aliphatic hydroxyl groups is 1. The molecule has 2 rings (SSSR count). The van der Waals surface area contributed by atoms with Gasteiger partial charge >= 0.3 is 0 Å². The summed E-state index contributed by atoms with van der Waals surface area (Å²) in [5, 5.41) is 12.9. The molecule has 1 heterocycles. The van der Waals surface area contributed by atoms with Gasteiger partial charge in [-0.3, -0.25) is 0 Å². The number of rotatable bonds is 3. The second kappa shape index (κ2) is 5.30. The van der Waals surface area contributed by atoms with E-state index in [1.807, 2.05) is 12.1 Å². The van der Waals surface area contributed by atoms with Crippen LogP contribution in [-0.4, -0.2) is 37.8 Å². The molecule has 16 heavy (non-hydrogen) atoms. The minimum Gasteiger partial charge on any atom is -0.387 e. The molecule has 0 aromatic heterocycles. The minimum atomic E-state index is -0.544. The summed E-state index contributed by atoms with van der Waals surface area (Å²) in [5.74, 6) is 0. The average molecular weight is 221 g/mol. The normalized spacial score (nSPS) is 18.5. The topological polar surface area (TPSA) is 61.5 Å². The molecule has 0 aliphatic carbocycles. The molecule has 1 aromatic rings. The summed E-state index contributed by atoms with van der Waals surface area (Å²) in [4.78, 5) is 2.34. The van der Waals surface area contributed by atoms with E-state index in [2.05, 4.69) is 22.3 Å². The monoisotopic (exact) mass is 221 g/mol. The molecule has 0 radical (unpaired) electrons. The summed E-state index contributed by atoms with van der Waals surface area (Å²) < 4.78 is 0. The Bertz CT molecular complexity index is 320. The predicted molar refractivity (Wildman–Crippen MR) is 65.5 cm³/mol. The zero-order valence-corrected chi connectivity index (χ0v) is 9.39. The van der Waals surface area contributed by atoms with Crippen molar-refractivity contribution in [2.24, 2.45) is 5.73 Å². The van der Waals surface area contributed by atoms with Crippen molar-refractivity contribution in [3.63, 3.8) is 0 Å². The van der Waals surface area contributed by atoms with E-state index in [1.54, 1.807) is 0 Å². The van der Waals surface area contributed by atoms with Gasteiger partial charge in [0.1, 0.15) is 0 Å². The molecule has 1 aromatic carbocycles. The molecule has 1 saturated heterocycles. The fraction of sp³-hybridized carbons (Fsp3) is 0.500. The SMILES string of the molecule is NCC(O)c1ccc(N2CCNCC2)cc1. The van der Waals surface area contributed by atoms with Crippen molar-refractivity contribution in [2.75, 3.05) is 37.6 Å². The minimum absolute atomic E-state index is 0.271. The Hall–Kier alpha value is -1.10. The van der Waals surface area contributed by atoms with Crippen molar-refractivity contribution in [2.45, 2.75) is 6.10 Å². The van der Waals surface area contributed by atoms with Crippen LogP contribution in [0.25, 0.3) is 0 Å². The summed E-state index contributed by atoms with van der Waals surface area (Å²) in [7, 11) is 0. The number of hydrogen-bond acceptors (Lipinski definition) is 4. The highest BCUT2D eigenvalue weighted by Gasteiger charge is 2.11. The van der Waals surface area contributed by atoms with Crippen molar-refractivity contribution in [1.82, 2.24) is 5.32 Å². The highest BCUT2D eigenvalue weighted by molar-refractivity contribution is 5.48. The van der Waals surface area contributed by atoms with Crippen LogP contribution in [-0.2, 0) is 0 Å². The fourth-order valence-electron chi connectivity index (χ4n) is 1.97. The van der Waals surface area contributed by atoms with Gasteiger partial charge in [-0.15, -0.1) is 0 Å². The Morgan fingerprint density at radius 3 is 2.44 bits per heavy atom. The van der Waals surface area contributed by atoms with Gasteiger partial charge in [0.2, 0.25) is 0 Å². The largest absolute Gasteiger partial charge is 0.387 e. The van der Waals surface area contributed by atoms with Gasteiger partial charge in [-0.1, -0.05) is 12.1 Å². The number of hydrogen-bond donors (Lipinski definition) is 3. The summed E-state index contributed by atoms with van der Waals surface area (Å²) in [6.07, 6.45) is -0.544. The number of benzene rings is 1. The van der Waals surface area contributed by atoms with Crippen molar-refractivity contribution >= 4 is 5.69 Å². The van der Waals surface area contributed by atoms with Crippen LogP contribution in [0, 0.1) is 0 Å². The lowest BCUT2D eigenvalue weighted by Crippen LogP contribution is -2.43. The first-order valence-electron chi connectivity index (χ1n) is 5.75. The van der Waals surface area contributed by atoms with Gasteiger partial charge in [-0.25, -0.2) is 0 Å². The molecule has 4 heteroatoms. The fourth-order valence-corrected chi connectivity index (χ4v) is 1.97. The highest BCUT2D eigenvalue weighted by atomic mass is 16.3. The Morgan fingerprint density at radius 2 is 1.88 bits per heavy atom. The van der Waals surface area contributed by atoms with Crippen molar-refractivity contribution in [3.05, 3.63) is 29.8 Å². The van der Waals surface area contributed by atoms with Gasteiger partial charge in [0, 0.05) is 38.4 Å². The van der Waals surface area contributed by atoms with E-state index in [4.69, 9.17) is 5.73 Å². The molecule has 1 atom stereocenters. The molecular weight excluding hydrogens is 202 g/mol. The molecule has 88 valence electrons. The molecule has 4 N–H and O–H groups in total. The second-order valence-corrected chi connectivity index (χ2v) is 4.08. The van der Waals surface area contributed by atoms with Gasteiger partial charge < -0.3 is 21.1 Å². The summed E-state index contributed by atoms with van der Waals surface area (Å²) in [6, 6.07) is 8.02. The van der Waals surface area contributed by atoms with Gasteiger partial charge in [-0.05, 0) is 17.7 Å². The van der Waals surface area contributed by atoms with Gasteiger partial charge in [-0.2, -0.15) is 0 Å². The van der Waals surface area contributed by atoms with Crippen LogP contribution < -0.4 is 16.0 Å². The third-order valence-corrected chi connectivity index (χ3v) is 2.98. The first kappa shape index (κ1) is 11.4. The molecule has 1 aliphatic rings. The van der Waals surface area contributed by atoms with E-state index in [9.17, 15) is 5.11 Å². The van der Waals surface area contributed by atoms with Crippen LogP contribution in [0.3, 0.4) is 0 Å². The zero-order chi connectivity index (χ0) is 11.4. The van der Waals surface area contributed by atoms with Crippen LogP contribution >= 0.6 is 0 Å². The van der Waals surface area contributed by atoms with E-state index in [-0.39, 0.29) is 6.54 Å². The molecule has 0 amide bonds. The smallest absolute Gasteiger partial charge is 0.0912 e. The maximum Gasteiger partial charge on any atom is 0.0912 e. The Labute approximate surface area is 96.1 Å². The van der Waals surface area contributed by atoms with Crippen LogP contribution in [0.5, 0.6) is 0 Å². The quantitative estimate of drug-likeness (QED) is 0.677. The Morgan fingerprint density at radius 1 is 1.25 bits per heavy atom. The molecule has 1 unspecified atom stereocenters. The third kappa shape index (κ3) is 2.52. The number of nitrogens with one attached hydrogen (secondary N) is 1. The van der Waals surface area contributed by atoms with Crippen LogP contribution in [0.2, 0.25) is 0 Å². The second-order valence-electron chi connectivity index (χ2n) is 4.08. The van der Waals surface area contributed by atoms with Gasteiger partial charge in [0.25, 0.3) is 0 Å². The van der Waals surface area contributed by atoms with Gasteiger partial charge in [0.05, 0.1) is 6.10 Å². The van der Waals surface area contributed by atoms with Crippen LogP contribution in [0.4, 0.5) is 5.69 Å². The molecule has 1 fully saturated rings. The molecule has 1 aliphatic heterocycles. The standard InChI is InChI=1S/C12H19N3O/c13-9-12(16)10-1-3-11(4-2-10)15-7-5-14-6-8-15/h1-4,12,14,16H,5-9,13H2. The molecular formula is C12H19N3O. The first-order chi connectivity index (χ1) is 7.81. The number of nitrogens with zero attached hydrogens (tertiary/aromatic N) is 1. The van der Waals surface area contributed by atoms with E-state index in [1.165, 1.54) is 5.69 Å². The zero-order valence-electron chi connectivity index (χ0n) is 9.39. The molecule has 0 spiro atoms. The van der Waals surface area contributed by atoms with Crippen molar-refractivity contribution < 1.29 is 5.11 Å². The summed E-state index contributed by atoms with van der Waals surface area (Å²) in [5.41, 5.74) is 7.52. The van der Waals surface area contributed by atoms with E-state index in [0.717, 1.165) is 31.7 Å². The van der Waals surface area contributed by atoms with Crippen LogP contribution in [0.1, 0.15) is 11.7 Å². The predicted octanol–water partition coefficient (Wildman–Crippen LogP) is 0.0883. The molecule has 0 saturated carbocycles. The number of nitrogens with two attached hydrogens (primary N) is 1. The first-order valence-corrected chi connectivity index (χ1v) is 5.75. The third-order valence-electron chi connectivity index (χ3n) is 2.98. The average Bonchev–Trinajstić information content (AvgIpc) is 2.39. The number of aliphatic hydroxyl groups excluding tert-OH is 1. The van der Waals surface area contributed by atoms with E-state index < -0.39 is 6.10 Å². The lowest BCUT2D eigenvalue weighted by atomic mass is 10.1. The highest BCUT2D eigenvalue weighted by Crippen LogP contribution is 2.19. The maximum absolute atomic E-state index is 9.58.